The highest BCUT2D eigenvalue weighted by atomic mass is 32.2. The van der Waals surface area contributed by atoms with Crippen LogP contribution in [0.1, 0.15) is 17.5 Å². The highest BCUT2D eigenvalue weighted by Crippen LogP contribution is 2.53. The molecule has 1 aliphatic heterocycles. The fourth-order valence-electron chi connectivity index (χ4n) is 2.23. The summed E-state index contributed by atoms with van der Waals surface area (Å²) in [5.74, 6) is 3.72. The van der Waals surface area contributed by atoms with E-state index in [1.165, 1.54) is 5.56 Å². The Kier molecular flexibility index (Phi) is 3.96. The molecule has 90 valence electrons. The van der Waals surface area contributed by atoms with Gasteiger partial charge in [0.05, 0.1) is 10.7 Å². The molecular weight excluding hydrogens is 248 g/mol. The molecule has 0 aliphatic carbocycles. The largest absolute Gasteiger partial charge is 0.493 e. The molecule has 1 aromatic carbocycles. The van der Waals surface area contributed by atoms with E-state index >= 15 is 0 Å². The number of thioether (sulfide) groups is 2. The summed E-state index contributed by atoms with van der Waals surface area (Å²) in [5.41, 5.74) is 2.42. The molecule has 0 saturated carbocycles. The van der Waals surface area contributed by atoms with Gasteiger partial charge in [0.25, 0.3) is 0 Å². The first-order valence-corrected chi connectivity index (χ1v) is 8.01. The van der Waals surface area contributed by atoms with Gasteiger partial charge in [0.1, 0.15) is 5.75 Å². The van der Waals surface area contributed by atoms with E-state index < -0.39 is 0 Å². The van der Waals surface area contributed by atoms with Crippen LogP contribution in [0.3, 0.4) is 0 Å². The molecule has 1 aromatic rings. The van der Waals surface area contributed by atoms with Crippen LogP contribution in [0.25, 0.3) is 0 Å². The second-order valence-corrected chi connectivity index (χ2v) is 6.40. The third-order valence-electron chi connectivity index (χ3n) is 3.14. The van der Waals surface area contributed by atoms with E-state index in [1.807, 2.05) is 23.5 Å². The lowest BCUT2D eigenvalue weighted by Crippen LogP contribution is -2.27. The zero-order chi connectivity index (χ0) is 12.3. The Morgan fingerprint density at radius 1 is 1.41 bits per heavy atom. The molecule has 1 nitrogen and oxygen atoms in total. The molecule has 17 heavy (non-hydrogen) atoms. The maximum absolute atomic E-state index is 5.84. The fourth-order valence-corrected chi connectivity index (χ4v) is 4.24. The second-order valence-electron chi connectivity index (χ2n) is 3.93. The van der Waals surface area contributed by atoms with E-state index in [0.717, 1.165) is 24.3 Å². The fraction of sp³-hybridized carbons (Fsp3) is 0.429. The predicted molar refractivity (Wildman–Crippen MR) is 77.8 cm³/mol. The van der Waals surface area contributed by atoms with Crippen LogP contribution in [0.2, 0.25) is 0 Å². The molecule has 0 bridgehead atoms. The Morgan fingerprint density at radius 3 is 2.82 bits per heavy atom. The Labute approximate surface area is 112 Å². The number of benzene rings is 1. The molecule has 0 fully saturated rings. The lowest BCUT2D eigenvalue weighted by atomic mass is 10.00. The van der Waals surface area contributed by atoms with Gasteiger partial charge in [-0.15, -0.1) is 35.9 Å². The molecule has 0 atom stereocenters. The summed E-state index contributed by atoms with van der Waals surface area (Å²) >= 11 is 3.79. The Bertz CT molecular complexity index is 444. The van der Waals surface area contributed by atoms with Crippen molar-refractivity contribution in [3.63, 3.8) is 0 Å². The highest BCUT2D eigenvalue weighted by molar-refractivity contribution is 8.16. The molecule has 0 radical (unpaired) electrons. The van der Waals surface area contributed by atoms with Gasteiger partial charge in [-0.2, -0.15) is 0 Å². The maximum Gasteiger partial charge on any atom is 0.128 e. The van der Waals surface area contributed by atoms with Crippen molar-refractivity contribution in [3.05, 3.63) is 29.3 Å². The summed E-state index contributed by atoms with van der Waals surface area (Å²) in [4.78, 5) is 0. The van der Waals surface area contributed by atoms with E-state index in [-0.39, 0.29) is 4.08 Å². The van der Waals surface area contributed by atoms with Gasteiger partial charge in [0.15, 0.2) is 0 Å². The summed E-state index contributed by atoms with van der Waals surface area (Å²) in [5, 5.41) is 0. The first-order chi connectivity index (χ1) is 8.27. The van der Waals surface area contributed by atoms with E-state index in [4.69, 9.17) is 11.2 Å². The topological polar surface area (TPSA) is 9.23 Å². The molecular formula is C14H16OS2. The van der Waals surface area contributed by atoms with Gasteiger partial charge in [-0.3, -0.25) is 0 Å². The number of ether oxygens (including phenoxy) is 1. The van der Waals surface area contributed by atoms with Crippen molar-refractivity contribution in [3.8, 4) is 18.1 Å². The average Bonchev–Trinajstić information content (AvgIpc) is 2.39. The maximum atomic E-state index is 5.84. The third-order valence-corrected chi connectivity index (χ3v) is 6.30. The average molecular weight is 264 g/mol. The number of terminal acetylenes is 1. The van der Waals surface area contributed by atoms with Crippen LogP contribution < -0.4 is 4.74 Å². The van der Waals surface area contributed by atoms with Crippen molar-refractivity contribution in [2.24, 2.45) is 0 Å². The number of hydrogen-bond donors (Lipinski definition) is 0. The van der Waals surface area contributed by atoms with Crippen molar-refractivity contribution in [1.82, 2.24) is 0 Å². The molecule has 2 rings (SSSR count). The molecule has 0 N–H and O–H groups in total. The van der Waals surface area contributed by atoms with Crippen LogP contribution in [-0.2, 0) is 10.5 Å². The lowest BCUT2D eigenvalue weighted by Gasteiger charge is -2.36. The van der Waals surface area contributed by atoms with Crippen molar-refractivity contribution in [2.45, 2.75) is 16.9 Å². The SMILES string of the molecule is C#CCc1cccc2c1OCCC2(SC)SC. The first-order valence-electron chi connectivity index (χ1n) is 5.56. The van der Waals surface area contributed by atoms with Crippen molar-refractivity contribution in [1.29, 1.82) is 0 Å². The van der Waals surface area contributed by atoms with Crippen LogP contribution in [-0.4, -0.2) is 19.1 Å². The molecule has 0 aromatic heterocycles. The molecule has 0 saturated heterocycles. The Hall–Kier alpha value is -0.720. The molecule has 1 aliphatic rings. The standard InChI is InChI=1S/C14H16OS2/c1-4-6-11-7-5-8-12-13(11)15-10-9-14(12,16-2)17-3/h1,5,7-8H,6,9-10H2,2-3H3. The van der Waals surface area contributed by atoms with Crippen LogP contribution in [0, 0.1) is 12.3 Å². The minimum Gasteiger partial charge on any atom is -0.493 e. The molecule has 1 heterocycles. The van der Waals surface area contributed by atoms with Crippen LogP contribution in [0.4, 0.5) is 0 Å². The van der Waals surface area contributed by atoms with Gasteiger partial charge in [-0.05, 0) is 12.5 Å². The van der Waals surface area contributed by atoms with Gasteiger partial charge in [0.2, 0.25) is 0 Å². The van der Waals surface area contributed by atoms with Crippen LogP contribution in [0.15, 0.2) is 18.2 Å². The Balaban J connectivity index is 2.53. The van der Waals surface area contributed by atoms with Crippen LogP contribution in [0.5, 0.6) is 5.75 Å². The van der Waals surface area contributed by atoms with Crippen molar-refractivity contribution < 1.29 is 4.74 Å². The van der Waals surface area contributed by atoms with Gasteiger partial charge < -0.3 is 4.74 Å². The number of hydrogen-bond acceptors (Lipinski definition) is 3. The summed E-state index contributed by atoms with van der Waals surface area (Å²) in [6.45, 7) is 0.774. The minimum atomic E-state index is 0.123. The van der Waals surface area contributed by atoms with E-state index in [0.29, 0.717) is 6.42 Å². The van der Waals surface area contributed by atoms with Gasteiger partial charge in [0, 0.05) is 24.0 Å². The van der Waals surface area contributed by atoms with E-state index in [1.54, 1.807) is 0 Å². The monoisotopic (exact) mass is 264 g/mol. The zero-order valence-electron chi connectivity index (χ0n) is 10.2. The second kappa shape index (κ2) is 5.29. The summed E-state index contributed by atoms with van der Waals surface area (Å²) in [6, 6.07) is 6.32. The number of fused-ring (bicyclic) bond motifs is 1. The van der Waals surface area contributed by atoms with Crippen LogP contribution >= 0.6 is 23.5 Å². The van der Waals surface area contributed by atoms with Crippen molar-refractivity contribution in [2.75, 3.05) is 19.1 Å². The molecule has 0 amide bonds. The van der Waals surface area contributed by atoms with Gasteiger partial charge in [-0.25, -0.2) is 0 Å². The van der Waals surface area contributed by atoms with Crippen molar-refractivity contribution >= 4 is 23.5 Å². The third kappa shape index (κ3) is 2.17. The quantitative estimate of drug-likeness (QED) is 0.610. The summed E-state index contributed by atoms with van der Waals surface area (Å²) < 4.78 is 5.97. The normalized spacial score (nSPS) is 16.8. The Morgan fingerprint density at radius 2 is 2.18 bits per heavy atom. The number of para-hydroxylation sites is 1. The zero-order valence-corrected chi connectivity index (χ0v) is 11.8. The molecule has 3 heteroatoms. The smallest absolute Gasteiger partial charge is 0.128 e. The number of rotatable bonds is 3. The summed E-state index contributed by atoms with van der Waals surface area (Å²) in [6.07, 6.45) is 11.4. The highest BCUT2D eigenvalue weighted by Gasteiger charge is 2.37. The van der Waals surface area contributed by atoms with Gasteiger partial charge in [-0.1, -0.05) is 18.2 Å². The van der Waals surface area contributed by atoms with E-state index in [9.17, 15) is 0 Å². The first kappa shape index (κ1) is 12.7. The predicted octanol–water partition coefficient (Wildman–Crippen LogP) is 3.52. The molecule has 0 unspecified atom stereocenters. The summed E-state index contributed by atoms with van der Waals surface area (Å²) in [7, 11) is 0. The lowest BCUT2D eigenvalue weighted by molar-refractivity contribution is 0.277. The van der Waals surface area contributed by atoms with E-state index in [2.05, 4.69) is 36.6 Å². The minimum absolute atomic E-state index is 0.123. The van der Waals surface area contributed by atoms with Gasteiger partial charge >= 0.3 is 0 Å². The molecule has 0 spiro atoms.